The zero-order chi connectivity index (χ0) is 11.8. The monoisotopic (exact) mass is 226 g/mol. The third-order valence-electron chi connectivity index (χ3n) is 4.03. The summed E-state index contributed by atoms with van der Waals surface area (Å²) < 4.78 is 0. The third-order valence-corrected chi connectivity index (χ3v) is 4.03. The van der Waals surface area contributed by atoms with Gasteiger partial charge in [0.2, 0.25) is 0 Å². The predicted molar refractivity (Wildman–Crippen MR) is 71.9 cm³/mol. The second-order valence-electron chi connectivity index (χ2n) is 5.17. The molecule has 1 aliphatic rings. The molecule has 0 aromatic heterocycles. The lowest BCUT2D eigenvalue weighted by molar-refractivity contribution is 0.205. The van der Waals surface area contributed by atoms with Crippen LogP contribution in [0.2, 0.25) is 0 Å². The minimum atomic E-state index is 0.754. The van der Waals surface area contributed by atoms with Crippen molar-refractivity contribution in [2.75, 3.05) is 19.6 Å². The van der Waals surface area contributed by atoms with Crippen LogP contribution in [-0.4, -0.2) is 36.6 Å². The number of rotatable bonds is 7. The molecule has 2 unspecified atom stereocenters. The van der Waals surface area contributed by atoms with Crippen molar-refractivity contribution in [1.82, 2.24) is 10.2 Å². The van der Waals surface area contributed by atoms with Gasteiger partial charge in [-0.3, -0.25) is 0 Å². The van der Waals surface area contributed by atoms with Crippen LogP contribution in [0.3, 0.4) is 0 Å². The van der Waals surface area contributed by atoms with E-state index in [-0.39, 0.29) is 0 Å². The number of nitrogens with one attached hydrogen (secondary N) is 1. The summed E-state index contributed by atoms with van der Waals surface area (Å²) in [5.74, 6) is 0. The minimum Gasteiger partial charge on any atom is -0.314 e. The molecule has 1 saturated heterocycles. The smallest absolute Gasteiger partial charge is 0.00675 e. The van der Waals surface area contributed by atoms with Gasteiger partial charge in [-0.05, 0) is 58.7 Å². The van der Waals surface area contributed by atoms with E-state index in [1.807, 2.05) is 0 Å². The fourth-order valence-electron chi connectivity index (χ4n) is 2.66. The Bertz CT molecular complexity index is 164. The number of nitrogens with zero attached hydrogens (tertiary/aromatic N) is 1. The van der Waals surface area contributed by atoms with Crippen molar-refractivity contribution in [3.8, 4) is 0 Å². The largest absolute Gasteiger partial charge is 0.314 e. The normalized spacial score (nSPS) is 23.6. The molecule has 2 atom stereocenters. The van der Waals surface area contributed by atoms with Gasteiger partial charge < -0.3 is 10.2 Å². The average molecular weight is 226 g/mol. The van der Waals surface area contributed by atoms with Crippen molar-refractivity contribution < 1.29 is 0 Å². The molecule has 1 N–H and O–H groups in total. The average Bonchev–Trinajstić information content (AvgIpc) is 2.35. The Kier molecular flexibility index (Phi) is 7.06. The minimum absolute atomic E-state index is 0.754. The Morgan fingerprint density at radius 3 is 2.69 bits per heavy atom. The van der Waals surface area contributed by atoms with E-state index in [9.17, 15) is 0 Å². The van der Waals surface area contributed by atoms with Crippen LogP contribution in [0.1, 0.15) is 59.3 Å². The number of piperidine rings is 1. The van der Waals surface area contributed by atoms with Gasteiger partial charge in [0.05, 0.1) is 0 Å². The fourth-order valence-corrected chi connectivity index (χ4v) is 2.66. The van der Waals surface area contributed by atoms with E-state index in [2.05, 4.69) is 31.0 Å². The third kappa shape index (κ3) is 4.84. The van der Waals surface area contributed by atoms with Crippen LogP contribution in [0.25, 0.3) is 0 Å². The van der Waals surface area contributed by atoms with Crippen molar-refractivity contribution >= 4 is 0 Å². The van der Waals surface area contributed by atoms with Crippen LogP contribution in [-0.2, 0) is 0 Å². The first-order chi connectivity index (χ1) is 7.77. The van der Waals surface area contributed by atoms with Crippen LogP contribution < -0.4 is 5.32 Å². The van der Waals surface area contributed by atoms with Crippen molar-refractivity contribution in [1.29, 1.82) is 0 Å². The molecule has 16 heavy (non-hydrogen) atoms. The van der Waals surface area contributed by atoms with Crippen molar-refractivity contribution in [2.45, 2.75) is 71.4 Å². The first-order valence-electron chi connectivity index (χ1n) is 7.25. The van der Waals surface area contributed by atoms with Crippen molar-refractivity contribution in [3.63, 3.8) is 0 Å². The molecule has 0 aromatic carbocycles. The number of hydrogen-bond acceptors (Lipinski definition) is 2. The molecule has 0 radical (unpaired) electrons. The maximum atomic E-state index is 3.64. The topological polar surface area (TPSA) is 15.3 Å². The van der Waals surface area contributed by atoms with Crippen LogP contribution in [0.4, 0.5) is 0 Å². The van der Waals surface area contributed by atoms with Gasteiger partial charge in [0, 0.05) is 12.1 Å². The van der Waals surface area contributed by atoms with Gasteiger partial charge in [-0.15, -0.1) is 0 Å². The predicted octanol–water partition coefficient (Wildman–Crippen LogP) is 3.03. The van der Waals surface area contributed by atoms with Gasteiger partial charge in [0.1, 0.15) is 0 Å². The van der Waals surface area contributed by atoms with Crippen LogP contribution >= 0.6 is 0 Å². The highest BCUT2D eigenvalue weighted by atomic mass is 15.1. The van der Waals surface area contributed by atoms with Crippen molar-refractivity contribution in [3.05, 3.63) is 0 Å². The molecule has 96 valence electrons. The molecule has 0 saturated carbocycles. The SMILES string of the molecule is CCC(C)N(CC)CCCC1CCCCN1. The highest BCUT2D eigenvalue weighted by Gasteiger charge is 2.14. The lowest BCUT2D eigenvalue weighted by atomic mass is 10.0. The molecule has 0 amide bonds. The second-order valence-corrected chi connectivity index (χ2v) is 5.17. The molecule has 1 rings (SSSR count). The van der Waals surface area contributed by atoms with Gasteiger partial charge in [-0.1, -0.05) is 20.3 Å². The Labute approximate surface area is 102 Å². The van der Waals surface area contributed by atoms with Gasteiger partial charge in [0.25, 0.3) is 0 Å². The van der Waals surface area contributed by atoms with E-state index in [0.29, 0.717) is 0 Å². The van der Waals surface area contributed by atoms with E-state index in [0.717, 1.165) is 12.1 Å². The summed E-state index contributed by atoms with van der Waals surface area (Å²) in [5, 5.41) is 3.64. The first kappa shape index (κ1) is 14.0. The van der Waals surface area contributed by atoms with E-state index in [1.54, 1.807) is 0 Å². The van der Waals surface area contributed by atoms with E-state index in [1.165, 1.54) is 58.2 Å². The quantitative estimate of drug-likeness (QED) is 0.718. The zero-order valence-corrected chi connectivity index (χ0v) is 11.5. The van der Waals surface area contributed by atoms with Gasteiger partial charge in [-0.25, -0.2) is 0 Å². The molecule has 2 nitrogen and oxygen atoms in total. The summed E-state index contributed by atoms with van der Waals surface area (Å²) >= 11 is 0. The standard InChI is InChI=1S/C14H30N2/c1-4-13(3)16(5-2)12-8-10-14-9-6-7-11-15-14/h13-15H,4-12H2,1-3H3. The Hall–Kier alpha value is -0.0800. The zero-order valence-electron chi connectivity index (χ0n) is 11.5. The maximum absolute atomic E-state index is 3.64. The van der Waals surface area contributed by atoms with Crippen molar-refractivity contribution in [2.24, 2.45) is 0 Å². The molecule has 1 heterocycles. The molecule has 0 spiro atoms. The Morgan fingerprint density at radius 2 is 2.12 bits per heavy atom. The summed E-state index contributed by atoms with van der Waals surface area (Å²) in [7, 11) is 0. The van der Waals surface area contributed by atoms with E-state index >= 15 is 0 Å². The molecule has 1 aliphatic heterocycles. The first-order valence-corrected chi connectivity index (χ1v) is 7.25. The van der Waals surface area contributed by atoms with Gasteiger partial charge in [-0.2, -0.15) is 0 Å². The Balaban J connectivity index is 2.12. The fraction of sp³-hybridized carbons (Fsp3) is 1.00. The molecule has 0 aromatic rings. The lowest BCUT2D eigenvalue weighted by Crippen LogP contribution is -2.36. The second kappa shape index (κ2) is 8.08. The summed E-state index contributed by atoms with van der Waals surface area (Å²) in [6.07, 6.45) is 8.21. The molecular weight excluding hydrogens is 196 g/mol. The van der Waals surface area contributed by atoms with E-state index < -0.39 is 0 Å². The molecular formula is C14H30N2. The molecule has 0 bridgehead atoms. The summed E-state index contributed by atoms with van der Waals surface area (Å²) in [4.78, 5) is 2.61. The Morgan fingerprint density at radius 1 is 1.31 bits per heavy atom. The number of hydrogen-bond donors (Lipinski definition) is 1. The van der Waals surface area contributed by atoms with Crippen LogP contribution in [0.15, 0.2) is 0 Å². The lowest BCUT2D eigenvalue weighted by Gasteiger charge is -2.28. The maximum Gasteiger partial charge on any atom is 0.00675 e. The van der Waals surface area contributed by atoms with Crippen LogP contribution in [0, 0.1) is 0 Å². The van der Waals surface area contributed by atoms with E-state index in [4.69, 9.17) is 0 Å². The highest BCUT2D eigenvalue weighted by Crippen LogP contribution is 2.13. The summed E-state index contributed by atoms with van der Waals surface area (Å²) in [6, 6.07) is 1.56. The molecule has 1 fully saturated rings. The summed E-state index contributed by atoms with van der Waals surface area (Å²) in [6.45, 7) is 10.6. The molecule has 0 aliphatic carbocycles. The molecule has 2 heteroatoms. The van der Waals surface area contributed by atoms with Gasteiger partial charge >= 0.3 is 0 Å². The highest BCUT2D eigenvalue weighted by molar-refractivity contribution is 4.73. The van der Waals surface area contributed by atoms with Crippen LogP contribution in [0.5, 0.6) is 0 Å². The summed E-state index contributed by atoms with van der Waals surface area (Å²) in [5.41, 5.74) is 0. The van der Waals surface area contributed by atoms with Gasteiger partial charge in [0.15, 0.2) is 0 Å².